The van der Waals surface area contributed by atoms with Gasteiger partial charge in [-0.2, -0.15) is 0 Å². The zero-order chi connectivity index (χ0) is 13.0. The molecule has 5 nitrogen and oxygen atoms in total. The standard InChI is InChI=1S/C12H20N2O3/c1-8(2)14(7-11(15)17-4)12(16)9(3)10-5-13-6-10/h8,13H,5-7H2,1-4H3. The van der Waals surface area contributed by atoms with Gasteiger partial charge in [0.05, 0.1) is 7.11 Å². The van der Waals surface area contributed by atoms with Gasteiger partial charge in [0.2, 0.25) is 5.91 Å². The molecule has 17 heavy (non-hydrogen) atoms. The highest BCUT2D eigenvalue weighted by Crippen LogP contribution is 2.13. The maximum atomic E-state index is 12.2. The maximum Gasteiger partial charge on any atom is 0.325 e. The Morgan fingerprint density at radius 3 is 2.35 bits per heavy atom. The summed E-state index contributed by atoms with van der Waals surface area (Å²) >= 11 is 0. The lowest BCUT2D eigenvalue weighted by Gasteiger charge is -2.29. The van der Waals surface area contributed by atoms with Gasteiger partial charge >= 0.3 is 5.97 Å². The molecule has 1 rings (SSSR count). The largest absolute Gasteiger partial charge is 0.468 e. The number of amides is 1. The first kappa shape index (κ1) is 13.7. The van der Waals surface area contributed by atoms with Crippen molar-refractivity contribution in [3.05, 3.63) is 11.1 Å². The molecule has 0 aromatic heterocycles. The van der Waals surface area contributed by atoms with Gasteiger partial charge in [-0.05, 0) is 26.3 Å². The van der Waals surface area contributed by atoms with Crippen molar-refractivity contribution >= 4 is 11.9 Å². The van der Waals surface area contributed by atoms with Crippen LogP contribution in [0.5, 0.6) is 0 Å². The quantitative estimate of drug-likeness (QED) is 0.568. The Morgan fingerprint density at radius 2 is 2.00 bits per heavy atom. The van der Waals surface area contributed by atoms with Crippen LogP contribution in [0.2, 0.25) is 0 Å². The number of rotatable bonds is 4. The zero-order valence-electron chi connectivity index (χ0n) is 10.9. The molecule has 1 aliphatic heterocycles. The van der Waals surface area contributed by atoms with Crippen molar-refractivity contribution in [2.75, 3.05) is 26.7 Å². The third-order valence-corrected chi connectivity index (χ3v) is 2.94. The lowest BCUT2D eigenvalue weighted by Crippen LogP contribution is -2.44. The van der Waals surface area contributed by atoms with Crippen molar-refractivity contribution in [1.82, 2.24) is 10.2 Å². The van der Waals surface area contributed by atoms with Gasteiger partial charge in [-0.25, -0.2) is 0 Å². The molecular weight excluding hydrogens is 220 g/mol. The van der Waals surface area contributed by atoms with Crippen LogP contribution in [0, 0.1) is 0 Å². The molecule has 1 fully saturated rings. The van der Waals surface area contributed by atoms with Crippen molar-refractivity contribution in [2.45, 2.75) is 26.8 Å². The van der Waals surface area contributed by atoms with Crippen LogP contribution < -0.4 is 5.32 Å². The Kier molecular flexibility index (Phi) is 4.69. The summed E-state index contributed by atoms with van der Waals surface area (Å²) in [6.07, 6.45) is 0. The number of hydrogen-bond donors (Lipinski definition) is 1. The number of carbonyl (C=O) groups excluding carboxylic acids is 2. The van der Waals surface area contributed by atoms with Crippen LogP contribution in [0.3, 0.4) is 0 Å². The number of nitrogens with zero attached hydrogens (tertiary/aromatic N) is 1. The van der Waals surface area contributed by atoms with E-state index in [4.69, 9.17) is 0 Å². The fourth-order valence-corrected chi connectivity index (χ4v) is 1.57. The molecular formula is C12H20N2O3. The average Bonchev–Trinajstić information content (AvgIpc) is 2.21. The first-order valence-corrected chi connectivity index (χ1v) is 5.74. The lowest BCUT2D eigenvalue weighted by molar-refractivity contribution is -0.146. The number of nitrogens with one attached hydrogen (secondary N) is 1. The van der Waals surface area contributed by atoms with Crippen molar-refractivity contribution in [3.63, 3.8) is 0 Å². The van der Waals surface area contributed by atoms with Gasteiger partial charge in [0.25, 0.3) is 0 Å². The summed E-state index contributed by atoms with van der Waals surface area (Å²) in [5, 5.41) is 3.10. The van der Waals surface area contributed by atoms with Crippen molar-refractivity contribution in [1.29, 1.82) is 0 Å². The molecule has 0 saturated carbocycles. The van der Waals surface area contributed by atoms with Gasteiger partial charge in [-0.3, -0.25) is 9.59 Å². The Morgan fingerprint density at radius 1 is 1.41 bits per heavy atom. The number of hydrogen-bond acceptors (Lipinski definition) is 4. The molecule has 0 radical (unpaired) electrons. The van der Waals surface area contributed by atoms with Gasteiger partial charge < -0.3 is 15.0 Å². The first-order valence-electron chi connectivity index (χ1n) is 5.74. The highest BCUT2D eigenvalue weighted by Gasteiger charge is 2.24. The summed E-state index contributed by atoms with van der Waals surface area (Å²) in [6.45, 7) is 7.12. The summed E-state index contributed by atoms with van der Waals surface area (Å²) in [5.74, 6) is -0.474. The third-order valence-electron chi connectivity index (χ3n) is 2.94. The van der Waals surface area contributed by atoms with Crippen LogP contribution in [0.4, 0.5) is 0 Å². The lowest BCUT2D eigenvalue weighted by atomic mass is 10.0. The first-order chi connectivity index (χ1) is 7.97. The number of esters is 1. The second-order valence-corrected chi connectivity index (χ2v) is 4.44. The fourth-order valence-electron chi connectivity index (χ4n) is 1.57. The topological polar surface area (TPSA) is 58.6 Å². The maximum absolute atomic E-state index is 12.2. The summed E-state index contributed by atoms with van der Waals surface area (Å²) in [6, 6.07) is -0.0230. The fraction of sp³-hybridized carbons (Fsp3) is 0.667. The molecule has 1 aliphatic rings. The van der Waals surface area contributed by atoms with Crippen LogP contribution in [-0.4, -0.2) is 49.6 Å². The molecule has 0 spiro atoms. The van der Waals surface area contributed by atoms with Gasteiger partial charge in [-0.1, -0.05) is 0 Å². The molecule has 1 amide bonds. The van der Waals surface area contributed by atoms with Crippen LogP contribution >= 0.6 is 0 Å². The Labute approximate surface area is 102 Å². The van der Waals surface area contributed by atoms with E-state index >= 15 is 0 Å². The van der Waals surface area contributed by atoms with E-state index in [1.54, 1.807) is 0 Å². The SMILES string of the molecule is COC(=O)CN(C(=O)C(C)=C1CNC1)C(C)C. The zero-order valence-corrected chi connectivity index (χ0v) is 10.9. The molecule has 0 unspecified atom stereocenters. The molecule has 1 N–H and O–H groups in total. The molecule has 96 valence electrons. The van der Waals surface area contributed by atoms with E-state index in [1.165, 1.54) is 12.0 Å². The Bertz CT molecular complexity index is 342. The molecule has 0 bridgehead atoms. The van der Waals surface area contributed by atoms with Gasteiger partial charge in [0.15, 0.2) is 0 Å². The molecule has 5 heteroatoms. The molecule has 0 aromatic carbocycles. The summed E-state index contributed by atoms with van der Waals surface area (Å²) in [4.78, 5) is 25.0. The summed E-state index contributed by atoms with van der Waals surface area (Å²) < 4.78 is 4.60. The monoisotopic (exact) mass is 240 g/mol. The molecule has 0 aromatic rings. The third kappa shape index (κ3) is 3.30. The van der Waals surface area contributed by atoms with Crippen molar-refractivity contribution in [2.24, 2.45) is 0 Å². The van der Waals surface area contributed by atoms with E-state index in [1.807, 2.05) is 20.8 Å². The van der Waals surface area contributed by atoms with Gasteiger partial charge in [0.1, 0.15) is 6.54 Å². The summed E-state index contributed by atoms with van der Waals surface area (Å²) in [7, 11) is 1.33. The van der Waals surface area contributed by atoms with Crippen molar-refractivity contribution < 1.29 is 14.3 Å². The number of methoxy groups -OCH3 is 1. The predicted octanol–water partition coefficient (Wildman–Crippen LogP) is 0.316. The van der Waals surface area contributed by atoms with Crippen LogP contribution in [0.25, 0.3) is 0 Å². The second kappa shape index (κ2) is 5.82. The molecule has 1 saturated heterocycles. The number of carbonyl (C=O) groups is 2. The minimum absolute atomic E-state index is 0.00501. The molecule has 1 heterocycles. The van der Waals surface area contributed by atoms with E-state index < -0.39 is 5.97 Å². The molecule has 0 atom stereocenters. The minimum atomic E-state index is -0.392. The van der Waals surface area contributed by atoms with E-state index in [-0.39, 0.29) is 18.5 Å². The van der Waals surface area contributed by atoms with Crippen LogP contribution in [-0.2, 0) is 14.3 Å². The van der Waals surface area contributed by atoms with Crippen molar-refractivity contribution in [3.8, 4) is 0 Å². The van der Waals surface area contributed by atoms with E-state index in [0.29, 0.717) is 0 Å². The minimum Gasteiger partial charge on any atom is -0.468 e. The predicted molar refractivity (Wildman–Crippen MR) is 64.4 cm³/mol. The van der Waals surface area contributed by atoms with Crippen LogP contribution in [0.15, 0.2) is 11.1 Å². The Hall–Kier alpha value is -1.36. The van der Waals surface area contributed by atoms with Crippen LogP contribution in [0.1, 0.15) is 20.8 Å². The number of ether oxygens (including phenoxy) is 1. The Balaban J connectivity index is 2.76. The van der Waals surface area contributed by atoms with Gasteiger partial charge in [-0.15, -0.1) is 0 Å². The highest BCUT2D eigenvalue weighted by atomic mass is 16.5. The average molecular weight is 240 g/mol. The normalized spacial score (nSPS) is 14.3. The molecule has 0 aliphatic carbocycles. The van der Waals surface area contributed by atoms with E-state index in [2.05, 4.69) is 10.1 Å². The van der Waals surface area contributed by atoms with E-state index in [0.717, 1.165) is 24.2 Å². The smallest absolute Gasteiger partial charge is 0.325 e. The highest BCUT2D eigenvalue weighted by molar-refractivity contribution is 5.96. The van der Waals surface area contributed by atoms with E-state index in [9.17, 15) is 9.59 Å². The second-order valence-electron chi connectivity index (χ2n) is 4.44. The van der Waals surface area contributed by atoms with Gasteiger partial charge in [0, 0.05) is 24.7 Å². The summed E-state index contributed by atoms with van der Waals surface area (Å²) in [5.41, 5.74) is 1.85.